The molecule has 0 bridgehead atoms. The lowest BCUT2D eigenvalue weighted by atomic mass is 10.00. The second-order valence-electron chi connectivity index (χ2n) is 7.23. The predicted molar refractivity (Wildman–Crippen MR) is 123 cm³/mol. The van der Waals surface area contributed by atoms with Gasteiger partial charge in [0.15, 0.2) is 0 Å². The molecule has 8 heteroatoms. The molecule has 158 valence electrons. The highest BCUT2D eigenvalue weighted by atomic mass is 16.5. The van der Waals surface area contributed by atoms with Gasteiger partial charge in [-0.3, -0.25) is 14.4 Å². The SMILES string of the molecule is CC(N=C(N)C(C#N)C=N)c1cc2cccc(-c3cnoc3)c2c(=O)n1-c1ccccc1. The molecular formula is C24H20N6O2. The van der Waals surface area contributed by atoms with Gasteiger partial charge in [0.1, 0.15) is 18.0 Å². The highest BCUT2D eigenvalue weighted by Gasteiger charge is 2.20. The van der Waals surface area contributed by atoms with E-state index in [-0.39, 0.29) is 11.4 Å². The summed E-state index contributed by atoms with van der Waals surface area (Å²) >= 11 is 0. The van der Waals surface area contributed by atoms with Crippen molar-refractivity contribution in [1.29, 1.82) is 10.7 Å². The third kappa shape index (κ3) is 3.68. The number of amidine groups is 1. The van der Waals surface area contributed by atoms with Crippen molar-refractivity contribution >= 4 is 22.8 Å². The second-order valence-corrected chi connectivity index (χ2v) is 7.23. The number of nitrogens with zero attached hydrogens (tertiary/aromatic N) is 4. The van der Waals surface area contributed by atoms with E-state index in [0.717, 1.165) is 11.6 Å². The third-order valence-corrected chi connectivity index (χ3v) is 5.23. The van der Waals surface area contributed by atoms with Crippen LogP contribution >= 0.6 is 0 Å². The molecule has 0 saturated heterocycles. The first-order valence-corrected chi connectivity index (χ1v) is 9.92. The maximum absolute atomic E-state index is 13.8. The molecule has 0 spiro atoms. The maximum atomic E-state index is 13.8. The fourth-order valence-corrected chi connectivity index (χ4v) is 3.67. The van der Waals surface area contributed by atoms with Crippen LogP contribution in [0.15, 0.2) is 81.4 Å². The molecule has 2 atom stereocenters. The molecule has 4 aromatic rings. The van der Waals surface area contributed by atoms with E-state index in [0.29, 0.717) is 27.9 Å². The summed E-state index contributed by atoms with van der Waals surface area (Å²) in [6.07, 6.45) is 4.02. The molecule has 2 aromatic carbocycles. The fourth-order valence-electron chi connectivity index (χ4n) is 3.67. The molecule has 4 rings (SSSR count). The van der Waals surface area contributed by atoms with Crippen LogP contribution in [0.25, 0.3) is 27.6 Å². The van der Waals surface area contributed by atoms with E-state index in [1.807, 2.05) is 60.7 Å². The molecule has 0 fully saturated rings. The van der Waals surface area contributed by atoms with Gasteiger partial charge in [-0.25, -0.2) is 0 Å². The molecule has 0 radical (unpaired) electrons. The van der Waals surface area contributed by atoms with Gasteiger partial charge in [-0.1, -0.05) is 41.6 Å². The monoisotopic (exact) mass is 424 g/mol. The lowest BCUT2D eigenvalue weighted by Crippen LogP contribution is -2.27. The van der Waals surface area contributed by atoms with Gasteiger partial charge in [0, 0.05) is 17.5 Å². The summed E-state index contributed by atoms with van der Waals surface area (Å²) in [6.45, 7) is 1.80. The van der Waals surface area contributed by atoms with E-state index < -0.39 is 12.0 Å². The minimum absolute atomic E-state index is 0.0281. The standard InChI is InChI=1S/C24H20N6O2/c1-15(29-23(27)17(11-25)12-26)21-10-16-6-5-9-20(18-13-28-32-14-18)22(16)24(31)30(21)19-7-3-2-4-8-19/h2-11,13-15,17,25H,1H3,(H2,27,29). The zero-order valence-electron chi connectivity index (χ0n) is 17.3. The summed E-state index contributed by atoms with van der Waals surface area (Å²) in [6, 6.07) is 18.1. The number of para-hydroxylation sites is 1. The van der Waals surface area contributed by atoms with E-state index in [2.05, 4.69) is 10.1 Å². The van der Waals surface area contributed by atoms with Crippen LogP contribution in [0.5, 0.6) is 0 Å². The topological polar surface area (TPSA) is 134 Å². The maximum Gasteiger partial charge on any atom is 0.263 e. The number of fused-ring (bicyclic) bond motifs is 1. The van der Waals surface area contributed by atoms with Crippen molar-refractivity contribution in [3.63, 3.8) is 0 Å². The van der Waals surface area contributed by atoms with Crippen LogP contribution in [0.4, 0.5) is 0 Å². The van der Waals surface area contributed by atoms with Crippen LogP contribution in [-0.4, -0.2) is 21.8 Å². The lowest BCUT2D eigenvalue weighted by molar-refractivity contribution is 0.420. The number of pyridine rings is 1. The average molecular weight is 424 g/mol. The van der Waals surface area contributed by atoms with Gasteiger partial charge in [0.25, 0.3) is 5.56 Å². The number of hydrogen-bond acceptors (Lipinski definition) is 6. The molecule has 8 nitrogen and oxygen atoms in total. The number of nitrogens with one attached hydrogen (secondary N) is 1. The molecule has 0 aliphatic carbocycles. The smallest absolute Gasteiger partial charge is 0.263 e. The molecule has 2 heterocycles. The third-order valence-electron chi connectivity index (χ3n) is 5.23. The van der Waals surface area contributed by atoms with Gasteiger partial charge < -0.3 is 15.7 Å². The molecule has 0 amide bonds. The van der Waals surface area contributed by atoms with Crippen molar-refractivity contribution in [3.05, 3.63) is 83.1 Å². The summed E-state index contributed by atoms with van der Waals surface area (Å²) in [5.41, 5.74) is 8.47. The summed E-state index contributed by atoms with van der Waals surface area (Å²) < 4.78 is 6.59. The minimum Gasteiger partial charge on any atom is -0.386 e. The van der Waals surface area contributed by atoms with E-state index >= 15 is 0 Å². The Balaban J connectivity index is 2.02. The number of hydrogen-bond donors (Lipinski definition) is 2. The van der Waals surface area contributed by atoms with Gasteiger partial charge in [0.05, 0.1) is 29.4 Å². The van der Waals surface area contributed by atoms with Crippen molar-refractivity contribution in [1.82, 2.24) is 9.72 Å². The summed E-state index contributed by atoms with van der Waals surface area (Å²) in [5, 5.41) is 21.6. The molecule has 2 aromatic heterocycles. The van der Waals surface area contributed by atoms with Crippen molar-refractivity contribution < 1.29 is 4.52 Å². The van der Waals surface area contributed by atoms with Crippen LogP contribution in [0, 0.1) is 22.7 Å². The molecule has 0 saturated carbocycles. The average Bonchev–Trinajstić information content (AvgIpc) is 3.34. The Kier molecular flexibility index (Phi) is 5.64. The van der Waals surface area contributed by atoms with Gasteiger partial charge in [0.2, 0.25) is 0 Å². The lowest BCUT2D eigenvalue weighted by Gasteiger charge is -2.19. The summed E-state index contributed by atoms with van der Waals surface area (Å²) in [7, 11) is 0. The van der Waals surface area contributed by atoms with Gasteiger partial charge in [-0.15, -0.1) is 0 Å². The largest absolute Gasteiger partial charge is 0.386 e. The van der Waals surface area contributed by atoms with Gasteiger partial charge in [-0.2, -0.15) is 5.26 Å². The normalized spacial score (nSPS) is 13.4. The zero-order chi connectivity index (χ0) is 22.7. The van der Waals surface area contributed by atoms with Gasteiger partial charge >= 0.3 is 0 Å². The molecule has 2 unspecified atom stereocenters. The Morgan fingerprint density at radius 1 is 1.28 bits per heavy atom. The number of aromatic nitrogens is 2. The van der Waals surface area contributed by atoms with Gasteiger partial charge in [-0.05, 0) is 36.1 Å². The molecule has 0 aliphatic heterocycles. The fraction of sp³-hybridized carbons (Fsp3) is 0.125. The van der Waals surface area contributed by atoms with Crippen LogP contribution in [-0.2, 0) is 0 Å². The van der Waals surface area contributed by atoms with E-state index in [4.69, 9.17) is 15.7 Å². The van der Waals surface area contributed by atoms with Crippen molar-refractivity contribution in [3.8, 4) is 22.9 Å². The van der Waals surface area contributed by atoms with Crippen molar-refractivity contribution in [2.45, 2.75) is 13.0 Å². The Bertz CT molecular complexity index is 1400. The second kappa shape index (κ2) is 8.70. The zero-order valence-corrected chi connectivity index (χ0v) is 17.3. The van der Waals surface area contributed by atoms with E-state index in [1.165, 1.54) is 6.26 Å². The number of benzene rings is 2. The minimum atomic E-state index is -0.921. The van der Waals surface area contributed by atoms with Crippen LogP contribution in [0.1, 0.15) is 18.7 Å². The van der Waals surface area contributed by atoms with Crippen molar-refractivity contribution in [2.75, 3.05) is 0 Å². The first-order valence-electron chi connectivity index (χ1n) is 9.92. The predicted octanol–water partition coefficient (Wildman–Crippen LogP) is 3.85. The molecule has 32 heavy (non-hydrogen) atoms. The Hall–Kier alpha value is -4.51. The number of nitrogens with two attached hydrogens (primary N) is 1. The Morgan fingerprint density at radius 3 is 2.72 bits per heavy atom. The van der Waals surface area contributed by atoms with Crippen LogP contribution in [0.2, 0.25) is 0 Å². The van der Waals surface area contributed by atoms with Crippen LogP contribution in [0.3, 0.4) is 0 Å². The van der Waals surface area contributed by atoms with E-state index in [1.54, 1.807) is 17.7 Å². The Morgan fingerprint density at radius 2 is 2.06 bits per heavy atom. The molecule has 3 N–H and O–H groups in total. The Labute approximate surface area is 183 Å². The first kappa shape index (κ1) is 20.8. The summed E-state index contributed by atoms with van der Waals surface area (Å²) in [5.74, 6) is -0.893. The first-order chi connectivity index (χ1) is 15.5. The highest BCUT2D eigenvalue weighted by molar-refractivity contribution is 5.98. The van der Waals surface area contributed by atoms with Crippen LogP contribution < -0.4 is 11.3 Å². The molecular weight excluding hydrogens is 404 g/mol. The highest BCUT2D eigenvalue weighted by Crippen LogP contribution is 2.29. The number of nitriles is 1. The van der Waals surface area contributed by atoms with E-state index in [9.17, 15) is 10.1 Å². The quantitative estimate of drug-likeness (QED) is 0.358. The van der Waals surface area contributed by atoms with Crippen molar-refractivity contribution in [2.24, 2.45) is 16.6 Å². The molecule has 0 aliphatic rings. The summed E-state index contributed by atoms with van der Waals surface area (Å²) in [4.78, 5) is 18.3. The number of aliphatic imine (C=N–C) groups is 1. The number of rotatable bonds is 6.